The number of halogens is 1. The van der Waals surface area contributed by atoms with Crippen molar-refractivity contribution >= 4 is 17.3 Å². The third kappa shape index (κ3) is 3.26. The number of rotatable bonds is 3. The molecule has 2 aromatic rings. The molecule has 0 aliphatic carbocycles. The van der Waals surface area contributed by atoms with E-state index in [9.17, 15) is 4.39 Å². The van der Waals surface area contributed by atoms with Crippen LogP contribution in [-0.4, -0.2) is 25.5 Å². The molecule has 2 aromatic carbocycles. The van der Waals surface area contributed by atoms with Gasteiger partial charge < -0.3 is 4.90 Å². The molecule has 0 N–H and O–H groups in total. The van der Waals surface area contributed by atoms with Gasteiger partial charge in [-0.25, -0.2) is 4.39 Å². The summed E-state index contributed by atoms with van der Waals surface area (Å²) in [5, 5.41) is 0. The van der Waals surface area contributed by atoms with Crippen LogP contribution in [0.4, 0.5) is 4.39 Å². The van der Waals surface area contributed by atoms with Gasteiger partial charge in [0, 0.05) is 17.2 Å². The number of thioether (sulfide) groups is 1. The lowest BCUT2D eigenvalue weighted by Crippen LogP contribution is -2.12. The van der Waals surface area contributed by atoms with Crippen molar-refractivity contribution < 1.29 is 4.39 Å². The van der Waals surface area contributed by atoms with Crippen LogP contribution in [0.5, 0.6) is 0 Å². The van der Waals surface area contributed by atoms with Crippen LogP contribution in [-0.2, 0) is 5.75 Å². The summed E-state index contributed by atoms with van der Waals surface area (Å²) in [5.74, 6) is 0.761. The van der Waals surface area contributed by atoms with Crippen molar-refractivity contribution in [2.45, 2.75) is 17.1 Å². The second kappa shape index (κ2) is 6.67. The van der Waals surface area contributed by atoms with Gasteiger partial charge in [0.05, 0.1) is 0 Å². The van der Waals surface area contributed by atoms with Crippen LogP contribution in [0.3, 0.4) is 0 Å². The fraction of sp³-hybridized carbons (Fsp3) is 0.263. The van der Waals surface area contributed by atoms with Gasteiger partial charge in [0.1, 0.15) is 5.82 Å². The summed E-state index contributed by atoms with van der Waals surface area (Å²) in [7, 11) is 4.14. The predicted molar refractivity (Wildman–Crippen MR) is 92.7 cm³/mol. The van der Waals surface area contributed by atoms with Crippen LogP contribution in [0.1, 0.15) is 23.1 Å². The van der Waals surface area contributed by atoms with Crippen molar-refractivity contribution in [3.05, 3.63) is 71.0 Å². The summed E-state index contributed by atoms with van der Waals surface area (Å²) in [5.41, 5.74) is 4.74. The van der Waals surface area contributed by atoms with E-state index < -0.39 is 0 Å². The van der Waals surface area contributed by atoms with Crippen LogP contribution < -0.4 is 0 Å². The maximum absolute atomic E-state index is 13.8. The summed E-state index contributed by atoms with van der Waals surface area (Å²) in [6.45, 7) is 0.990. The van der Waals surface area contributed by atoms with Gasteiger partial charge in [-0.15, -0.1) is 11.8 Å². The first-order chi connectivity index (χ1) is 10.6. The predicted octanol–water partition coefficient (Wildman–Crippen LogP) is 4.81. The van der Waals surface area contributed by atoms with E-state index in [1.54, 1.807) is 23.9 Å². The maximum atomic E-state index is 13.8. The van der Waals surface area contributed by atoms with E-state index in [0.29, 0.717) is 0 Å². The molecule has 1 heterocycles. The van der Waals surface area contributed by atoms with Gasteiger partial charge in [0.15, 0.2) is 0 Å². The highest BCUT2D eigenvalue weighted by molar-refractivity contribution is 7.98. The molecule has 1 aliphatic heterocycles. The SMILES string of the molecule is CN(C)CC/C=C1\c2ccccc2CSc2ccc(F)cc21. The fourth-order valence-electron chi connectivity index (χ4n) is 2.74. The lowest BCUT2D eigenvalue weighted by Gasteiger charge is -2.13. The fourth-order valence-corrected chi connectivity index (χ4v) is 3.79. The van der Waals surface area contributed by atoms with E-state index in [2.05, 4.69) is 49.3 Å². The number of benzene rings is 2. The highest BCUT2D eigenvalue weighted by atomic mass is 32.2. The molecule has 0 spiro atoms. The molecule has 0 aromatic heterocycles. The van der Waals surface area contributed by atoms with Crippen molar-refractivity contribution in [1.29, 1.82) is 0 Å². The molecule has 3 heteroatoms. The molecule has 1 aliphatic rings. The van der Waals surface area contributed by atoms with Crippen LogP contribution in [0.25, 0.3) is 5.57 Å². The van der Waals surface area contributed by atoms with E-state index >= 15 is 0 Å². The van der Waals surface area contributed by atoms with Crippen LogP contribution >= 0.6 is 11.8 Å². The van der Waals surface area contributed by atoms with Crippen molar-refractivity contribution in [1.82, 2.24) is 4.90 Å². The van der Waals surface area contributed by atoms with E-state index in [-0.39, 0.29) is 5.82 Å². The maximum Gasteiger partial charge on any atom is 0.123 e. The van der Waals surface area contributed by atoms with Crippen LogP contribution in [0.2, 0.25) is 0 Å². The van der Waals surface area contributed by atoms with Crippen LogP contribution in [0.15, 0.2) is 53.4 Å². The zero-order chi connectivity index (χ0) is 15.5. The Kier molecular flexibility index (Phi) is 4.65. The van der Waals surface area contributed by atoms with Gasteiger partial charge in [0.2, 0.25) is 0 Å². The number of hydrogen-bond donors (Lipinski definition) is 0. The summed E-state index contributed by atoms with van der Waals surface area (Å²) >= 11 is 1.79. The van der Waals surface area contributed by atoms with Gasteiger partial charge in [0.25, 0.3) is 0 Å². The third-order valence-corrected chi connectivity index (χ3v) is 4.97. The molecule has 1 nitrogen and oxygen atoms in total. The molecule has 0 saturated carbocycles. The first-order valence-corrected chi connectivity index (χ1v) is 8.49. The Morgan fingerprint density at radius 3 is 2.77 bits per heavy atom. The first kappa shape index (κ1) is 15.3. The molecule has 0 amide bonds. The van der Waals surface area contributed by atoms with Gasteiger partial charge in [-0.05, 0) is 61.0 Å². The van der Waals surface area contributed by atoms with Crippen molar-refractivity contribution in [2.24, 2.45) is 0 Å². The Hall–Kier alpha value is -1.58. The molecular weight excluding hydrogens is 293 g/mol. The van der Waals surface area contributed by atoms with Crippen molar-refractivity contribution in [2.75, 3.05) is 20.6 Å². The van der Waals surface area contributed by atoms with Crippen LogP contribution in [0, 0.1) is 5.82 Å². The van der Waals surface area contributed by atoms with Crippen molar-refractivity contribution in [3.8, 4) is 0 Å². The largest absolute Gasteiger partial charge is 0.309 e. The number of hydrogen-bond acceptors (Lipinski definition) is 2. The molecule has 0 fully saturated rings. The molecule has 3 rings (SSSR count). The minimum atomic E-state index is -0.169. The number of nitrogens with zero attached hydrogens (tertiary/aromatic N) is 1. The summed E-state index contributed by atoms with van der Waals surface area (Å²) in [4.78, 5) is 3.33. The second-order valence-electron chi connectivity index (χ2n) is 5.80. The third-order valence-electron chi connectivity index (χ3n) is 3.85. The molecule has 0 bridgehead atoms. The minimum Gasteiger partial charge on any atom is -0.309 e. The summed E-state index contributed by atoms with van der Waals surface area (Å²) < 4.78 is 13.8. The van der Waals surface area contributed by atoms with Gasteiger partial charge >= 0.3 is 0 Å². The Morgan fingerprint density at radius 2 is 1.95 bits per heavy atom. The lowest BCUT2D eigenvalue weighted by atomic mass is 9.93. The van der Waals surface area contributed by atoms with E-state index in [1.165, 1.54) is 11.1 Å². The monoisotopic (exact) mass is 313 g/mol. The zero-order valence-electron chi connectivity index (χ0n) is 13.0. The molecule has 0 atom stereocenters. The van der Waals surface area contributed by atoms with Gasteiger partial charge in [-0.2, -0.15) is 0 Å². The van der Waals surface area contributed by atoms with E-state index in [1.807, 2.05) is 6.07 Å². The Bertz CT molecular complexity index is 706. The Balaban J connectivity index is 2.10. The Morgan fingerprint density at radius 1 is 1.14 bits per heavy atom. The topological polar surface area (TPSA) is 3.24 Å². The van der Waals surface area contributed by atoms with Crippen molar-refractivity contribution in [3.63, 3.8) is 0 Å². The molecular formula is C19H20FNS. The smallest absolute Gasteiger partial charge is 0.123 e. The average molecular weight is 313 g/mol. The molecule has 0 saturated heterocycles. The second-order valence-corrected chi connectivity index (χ2v) is 6.81. The minimum absolute atomic E-state index is 0.169. The summed E-state index contributed by atoms with van der Waals surface area (Å²) in [6.07, 6.45) is 3.21. The zero-order valence-corrected chi connectivity index (χ0v) is 13.8. The van der Waals surface area contributed by atoms with E-state index in [4.69, 9.17) is 0 Å². The molecule has 0 unspecified atom stereocenters. The standard InChI is InChI=1S/C19H20FNS/c1-21(2)11-5-8-17-16-7-4-3-6-14(16)13-22-19-10-9-15(20)12-18(17)19/h3-4,6-10,12H,5,11,13H2,1-2H3/b17-8+. The molecule has 22 heavy (non-hydrogen) atoms. The summed E-state index contributed by atoms with van der Waals surface area (Å²) in [6, 6.07) is 13.6. The lowest BCUT2D eigenvalue weighted by molar-refractivity contribution is 0.417. The van der Waals surface area contributed by atoms with Gasteiger partial charge in [-0.3, -0.25) is 0 Å². The number of fused-ring (bicyclic) bond motifs is 2. The Labute approximate surface area is 135 Å². The quantitative estimate of drug-likeness (QED) is 0.799. The molecule has 114 valence electrons. The van der Waals surface area contributed by atoms with E-state index in [0.717, 1.165) is 34.8 Å². The van der Waals surface area contributed by atoms with Gasteiger partial charge in [-0.1, -0.05) is 30.3 Å². The first-order valence-electron chi connectivity index (χ1n) is 7.51. The highest BCUT2D eigenvalue weighted by Gasteiger charge is 2.18. The highest BCUT2D eigenvalue weighted by Crippen LogP contribution is 2.40. The molecule has 0 radical (unpaired) electrons. The average Bonchev–Trinajstić information content (AvgIpc) is 2.65. The normalized spacial score (nSPS) is 15.5.